The van der Waals surface area contributed by atoms with Crippen molar-refractivity contribution in [1.29, 1.82) is 0 Å². The minimum atomic E-state index is 0.286. The van der Waals surface area contributed by atoms with Crippen molar-refractivity contribution in [1.82, 2.24) is 15.1 Å². The van der Waals surface area contributed by atoms with Gasteiger partial charge < -0.3 is 10.1 Å². The van der Waals surface area contributed by atoms with Crippen LogP contribution in [-0.4, -0.2) is 30.0 Å². The maximum absolute atomic E-state index is 6.32. The number of halogens is 1. The SMILES string of the molecule is CCNC(c1c(Cl)cnn1CCOC)C1(C)CC1. The Morgan fingerprint density at radius 2 is 2.33 bits per heavy atom. The molecule has 0 aliphatic heterocycles. The highest BCUT2D eigenvalue weighted by atomic mass is 35.5. The van der Waals surface area contributed by atoms with Crippen LogP contribution >= 0.6 is 11.6 Å². The van der Waals surface area contributed by atoms with E-state index in [1.165, 1.54) is 12.8 Å². The molecule has 0 amide bonds. The largest absolute Gasteiger partial charge is 0.383 e. The van der Waals surface area contributed by atoms with E-state index < -0.39 is 0 Å². The summed E-state index contributed by atoms with van der Waals surface area (Å²) in [6.45, 7) is 6.77. The summed E-state index contributed by atoms with van der Waals surface area (Å²) in [7, 11) is 1.70. The second kappa shape index (κ2) is 5.59. The average molecular weight is 272 g/mol. The quantitative estimate of drug-likeness (QED) is 0.829. The zero-order valence-corrected chi connectivity index (χ0v) is 12.1. The molecule has 1 atom stereocenters. The summed E-state index contributed by atoms with van der Waals surface area (Å²) >= 11 is 6.32. The van der Waals surface area contributed by atoms with Crippen molar-refractivity contribution in [2.24, 2.45) is 5.41 Å². The van der Waals surface area contributed by atoms with E-state index in [4.69, 9.17) is 16.3 Å². The molecular weight excluding hydrogens is 250 g/mol. The molecular formula is C13H22ClN3O. The first kappa shape index (κ1) is 13.8. The van der Waals surface area contributed by atoms with E-state index in [9.17, 15) is 0 Å². The number of aromatic nitrogens is 2. The number of rotatable bonds is 7. The molecule has 5 heteroatoms. The first-order chi connectivity index (χ1) is 8.62. The summed E-state index contributed by atoms with van der Waals surface area (Å²) in [4.78, 5) is 0. The average Bonchev–Trinajstić information content (AvgIpc) is 2.99. The number of nitrogens with zero attached hydrogens (tertiary/aromatic N) is 2. The number of hydrogen-bond donors (Lipinski definition) is 1. The van der Waals surface area contributed by atoms with Crippen molar-refractivity contribution in [3.8, 4) is 0 Å². The molecule has 1 N–H and O–H groups in total. The van der Waals surface area contributed by atoms with Gasteiger partial charge in [-0.15, -0.1) is 0 Å². The van der Waals surface area contributed by atoms with Crippen molar-refractivity contribution in [3.63, 3.8) is 0 Å². The highest BCUT2D eigenvalue weighted by Crippen LogP contribution is 2.55. The van der Waals surface area contributed by atoms with Crippen LogP contribution in [0, 0.1) is 5.41 Å². The van der Waals surface area contributed by atoms with E-state index in [1.807, 2.05) is 4.68 Å². The zero-order valence-electron chi connectivity index (χ0n) is 11.4. The molecule has 1 aliphatic rings. The van der Waals surface area contributed by atoms with E-state index in [0.29, 0.717) is 12.0 Å². The number of ether oxygens (including phenoxy) is 1. The van der Waals surface area contributed by atoms with E-state index in [1.54, 1.807) is 13.3 Å². The standard InChI is InChI=1S/C13H22ClN3O/c1-4-15-12(13(2)5-6-13)11-10(14)9-16-17(11)7-8-18-3/h9,12,15H,4-8H2,1-3H3. The summed E-state index contributed by atoms with van der Waals surface area (Å²) in [5.74, 6) is 0. The third-order valence-corrected chi connectivity index (χ3v) is 4.05. The molecule has 0 bridgehead atoms. The normalized spacial score (nSPS) is 18.9. The summed E-state index contributed by atoms with van der Waals surface area (Å²) in [5, 5.41) is 8.68. The summed E-state index contributed by atoms with van der Waals surface area (Å²) < 4.78 is 7.10. The van der Waals surface area contributed by atoms with Crippen molar-refractivity contribution >= 4 is 11.6 Å². The van der Waals surface area contributed by atoms with Crippen LogP contribution in [0.4, 0.5) is 0 Å². The van der Waals surface area contributed by atoms with Gasteiger partial charge in [-0.25, -0.2) is 0 Å². The lowest BCUT2D eigenvalue weighted by Crippen LogP contribution is -2.30. The van der Waals surface area contributed by atoms with Crippen LogP contribution in [0.3, 0.4) is 0 Å². The van der Waals surface area contributed by atoms with Gasteiger partial charge in [0.2, 0.25) is 0 Å². The number of methoxy groups -OCH3 is 1. The topological polar surface area (TPSA) is 39.1 Å². The van der Waals surface area contributed by atoms with Gasteiger partial charge in [0.15, 0.2) is 0 Å². The molecule has 1 unspecified atom stereocenters. The van der Waals surface area contributed by atoms with Crippen molar-refractivity contribution in [2.75, 3.05) is 20.3 Å². The number of nitrogens with one attached hydrogen (secondary N) is 1. The Morgan fingerprint density at radius 3 is 2.89 bits per heavy atom. The molecule has 0 radical (unpaired) electrons. The fourth-order valence-electron chi connectivity index (χ4n) is 2.38. The molecule has 4 nitrogen and oxygen atoms in total. The van der Waals surface area contributed by atoms with Crippen LogP contribution in [0.5, 0.6) is 0 Å². The molecule has 1 aliphatic carbocycles. The lowest BCUT2D eigenvalue weighted by molar-refractivity contribution is 0.180. The maximum Gasteiger partial charge on any atom is 0.0834 e. The molecule has 18 heavy (non-hydrogen) atoms. The molecule has 102 valence electrons. The van der Waals surface area contributed by atoms with Crippen LogP contribution in [0.1, 0.15) is 38.4 Å². The van der Waals surface area contributed by atoms with Crippen LogP contribution in [0.25, 0.3) is 0 Å². The van der Waals surface area contributed by atoms with E-state index >= 15 is 0 Å². The summed E-state index contributed by atoms with van der Waals surface area (Å²) in [6, 6.07) is 0.286. The first-order valence-corrected chi connectivity index (χ1v) is 6.93. The van der Waals surface area contributed by atoms with Gasteiger partial charge in [0.25, 0.3) is 0 Å². The highest BCUT2D eigenvalue weighted by Gasteiger charge is 2.47. The second-order valence-corrected chi connectivity index (χ2v) is 5.65. The summed E-state index contributed by atoms with van der Waals surface area (Å²) in [5.41, 5.74) is 1.43. The number of hydrogen-bond acceptors (Lipinski definition) is 3. The van der Waals surface area contributed by atoms with Crippen LogP contribution in [-0.2, 0) is 11.3 Å². The zero-order chi connectivity index (χ0) is 13.2. The molecule has 0 spiro atoms. The van der Waals surface area contributed by atoms with Gasteiger partial charge in [-0.1, -0.05) is 25.4 Å². The van der Waals surface area contributed by atoms with Gasteiger partial charge in [0.05, 0.1) is 36.1 Å². The third-order valence-electron chi connectivity index (χ3n) is 3.76. The minimum absolute atomic E-state index is 0.286. The first-order valence-electron chi connectivity index (χ1n) is 6.56. The molecule has 1 fully saturated rings. The van der Waals surface area contributed by atoms with Crippen molar-refractivity contribution in [2.45, 2.75) is 39.3 Å². The minimum Gasteiger partial charge on any atom is -0.383 e. The lowest BCUT2D eigenvalue weighted by atomic mass is 9.95. The van der Waals surface area contributed by atoms with E-state index in [2.05, 4.69) is 24.3 Å². The molecule has 0 aromatic carbocycles. The molecule has 1 saturated carbocycles. The fraction of sp³-hybridized carbons (Fsp3) is 0.769. The Labute approximate surface area is 114 Å². The smallest absolute Gasteiger partial charge is 0.0834 e. The Morgan fingerprint density at radius 1 is 1.61 bits per heavy atom. The maximum atomic E-state index is 6.32. The Balaban J connectivity index is 2.25. The third kappa shape index (κ3) is 2.71. The molecule has 1 aromatic heterocycles. The monoisotopic (exact) mass is 271 g/mol. The van der Waals surface area contributed by atoms with Gasteiger partial charge >= 0.3 is 0 Å². The van der Waals surface area contributed by atoms with Crippen LogP contribution in [0.2, 0.25) is 5.02 Å². The summed E-state index contributed by atoms with van der Waals surface area (Å²) in [6.07, 6.45) is 4.23. The molecule has 2 rings (SSSR count). The van der Waals surface area contributed by atoms with Gasteiger partial charge in [-0.3, -0.25) is 4.68 Å². The van der Waals surface area contributed by atoms with Gasteiger partial charge in [0.1, 0.15) is 0 Å². The predicted octanol–water partition coefficient (Wildman–Crippen LogP) is 2.63. The Hall–Kier alpha value is -0.580. The fourth-order valence-corrected chi connectivity index (χ4v) is 2.63. The van der Waals surface area contributed by atoms with Crippen molar-refractivity contribution < 1.29 is 4.74 Å². The highest BCUT2D eigenvalue weighted by molar-refractivity contribution is 6.31. The van der Waals surface area contributed by atoms with Gasteiger partial charge in [0, 0.05) is 7.11 Å². The Kier molecular flexibility index (Phi) is 4.30. The van der Waals surface area contributed by atoms with Gasteiger partial charge in [-0.05, 0) is 24.8 Å². The lowest BCUT2D eigenvalue weighted by Gasteiger charge is -2.26. The molecule has 1 aromatic rings. The predicted molar refractivity (Wildman–Crippen MR) is 72.9 cm³/mol. The molecule has 1 heterocycles. The van der Waals surface area contributed by atoms with E-state index in [0.717, 1.165) is 23.8 Å². The molecule has 0 saturated heterocycles. The van der Waals surface area contributed by atoms with E-state index in [-0.39, 0.29) is 6.04 Å². The van der Waals surface area contributed by atoms with Crippen LogP contribution < -0.4 is 5.32 Å². The Bertz CT molecular complexity index is 401. The second-order valence-electron chi connectivity index (χ2n) is 5.24. The van der Waals surface area contributed by atoms with Crippen LogP contribution in [0.15, 0.2) is 6.20 Å². The van der Waals surface area contributed by atoms with Gasteiger partial charge in [-0.2, -0.15) is 5.10 Å². The van der Waals surface area contributed by atoms with Crippen molar-refractivity contribution in [3.05, 3.63) is 16.9 Å².